The molecule has 2 heterocycles. The van der Waals surface area contributed by atoms with E-state index < -0.39 is 0 Å². The Labute approximate surface area is 147 Å². The van der Waals surface area contributed by atoms with Crippen molar-refractivity contribution in [1.82, 2.24) is 9.91 Å². The van der Waals surface area contributed by atoms with Crippen molar-refractivity contribution in [2.24, 2.45) is 5.10 Å². The maximum Gasteiger partial charge on any atom is 0.276 e. The fourth-order valence-electron chi connectivity index (χ4n) is 3.29. The highest BCUT2D eigenvalue weighted by Crippen LogP contribution is 2.23. The topological polar surface area (TPSA) is 47.9 Å². The van der Waals surface area contributed by atoms with Gasteiger partial charge in [0.2, 0.25) is 0 Å². The van der Waals surface area contributed by atoms with Gasteiger partial charge in [0.1, 0.15) is 0 Å². The first-order valence-electron chi connectivity index (χ1n) is 8.71. The molecule has 128 valence electrons. The van der Waals surface area contributed by atoms with Crippen LogP contribution in [0, 0.1) is 6.92 Å². The van der Waals surface area contributed by atoms with Gasteiger partial charge in [0.05, 0.1) is 5.69 Å². The average molecular weight is 334 g/mol. The highest BCUT2D eigenvalue weighted by molar-refractivity contribution is 6.53. The zero-order chi connectivity index (χ0) is 17.2. The van der Waals surface area contributed by atoms with E-state index >= 15 is 0 Å². The highest BCUT2D eigenvalue weighted by atomic mass is 16.2. The van der Waals surface area contributed by atoms with Gasteiger partial charge in [0.15, 0.2) is 5.71 Å². The van der Waals surface area contributed by atoms with Gasteiger partial charge in [-0.15, -0.1) is 0 Å². The number of carbonyl (C=O) groups is 1. The van der Waals surface area contributed by atoms with Crippen molar-refractivity contribution in [3.05, 3.63) is 65.2 Å². The number of aryl methyl sites for hydroxylation is 1. The fourth-order valence-corrected chi connectivity index (χ4v) is 3.29. The van der Waals surface area contributed by atoms with E-state index in [2.05, 4.69) is 46.5 Å². The summed E-state index contributed by atoms with van der Waals surface area (Å²) in [5, 5.41) is 9.51. The average Bonchev–Trinajstić information content (AvgIpc) is 2.94. The highest BCUT2D eigenvalue weighted by Gasteiger charge is 2.27. The molecule has 5 heteroatoms. The Morgan fingerprint density at radius 2 is 1.72 bits per heavy atom. The molecule has 2 aromatic carbocycles. The zero-order valence-corrected chi connectivity index (χ0v) is 14.4. The van der Waals surface area contributed by atoms with E-state index in [-0.39, 0.29) is 5.91 Å². The summed E-state index contributed by atoms with van der Waals surface area (Å²) in [4.78, 5) is 14.6. The third-order valence-corrected chi connectivity index (χ3v) is 4.76. The van der Waals surface area contributed by atoms with Crippen molar-refractivity contribution < 1.29 is 4.79 Å². The summed E-state index contributed by atoms with van der Waals surface area (Å²) in [6, 6.07) is 16.4. The van der Waals surface area contributed by atoms with Crippen LogP contribution in [0.2, 0.25) is 0 Å². The second-order valence-corrected chi connectivity index (χ2v) is 6.66. The molecule has 0 aliphatic carbocycles. The van der Waals surface area contributed by atoms with Crippen LogP contribution in [0.3, 0.4) is 0 Å². The Morgan fingerprint density at radius 3 is 2.48 bits per heavy atom. The number of rotatable bonds is 3. The van der Waals surface area contributed by atoms with Gasteiger partial charge in [0.25, 0.3) is 5.91 Å². The molecule has 1 saturated heterocycles. The molecular weight excluding hydrogens is 312 g/mol. The molecule has 0 spiro atoms. The number of benzene rings is 2. The number of nitrogens with zero attached hydrogens (tertiary/aromatic N) is 3. The molecule has 0 atom stereocenters. The van der Waals surface area contributed by atoms with Crippen LogP contribution in [0.25, 0.3) is 0 Å². The number of carbonyl (C=O) groups excluding carboxylic acids is 1. The number of para-hydroxylation sites is 1. The molecule has 0 bridgehead atoms. The fraction of sp³-hybridized carbons (Fsp3) is 0.300. The lowest BCUT2D eigenvalue weighted by molar-refractivity contribution is -0.110. The van der Waals surface area contributed by atoms with Crippen LogP contribution in [-0.2, 0) is 11.3 Å². The zero-order valence-electron chi connectivity index (χ0n) is 14.4. The molecule has 0 radical (unpaired) electrons. The minimum atomic E-state index is -0.108. The van der Waals surface area contributed by atoms with Crippen molar-refractivity contribution >= 4 is 17.3 Å². The first kappa shape index (κ1) is 15.8. The summed E-state index contributed by atoms with van der Waals surface area (Å²) in [7, 11) is 0. The molecule has 0 aromatic heterocycles. The summed E-state index contributed by atoms with van der Waals surface area (Å²) in [6.45, 7) is 6.66. The second-order valence-electron chi connectivity index (χ2n) is 6.66. The smallest absolute Gasteiger partial charge is 0.276 e. The van der Waals surface area contributed by atoms with Crippen molar-refractivity contribution in [3.8, 4) is 0 Å². The number of nitrogens with one attached hydrogen (secondary N) is 1. The van der Waals surface area contributed by atoms with E-state index in [0.29, 0.717) is 5.71 Å². The third-order valence-electron chi connectivity index (χ3n) is 4.76. The maximum absolute atomic E-state index is 12.2. The molecule has 1 N–H and O–H groups in total. The van der Waals surface area contributed by atoms with Gasteiger partial charge in [-0.1, -0.05) is 48.0 Å². The van der Waals surface area contributed by atoms with Crippen LogP contribution in [0.1, 0.15) is 16.7 Å². The van der Waals surface area contributed by atoms with Crippen molar-refractivity contribution in [3.63, 3.8) is 0 Å². The van der Waals surface area contributed by atoms with Gasteiger partial charge < -0.3 is 5.32 Å². The molecule has 4 rings (SSSR count). The molecule has 0 saturated carbocycles. The maximum atomic E-state index is 12.2. The number of hydrogen-bond acceptors (Lipinski definition) is 4. The molecule has 5 nitrogen and oxygen atoms in total. The Bertz CT molecular complexity index is 805. The summed E-state index contributed by atoms with van der Waals surface area (Å²) in [6.07, 6.45) is 0. The van der Waals surface area contributed by atoms with Crippen LogP contribution >= 0.6 is 0 Å². The van der Waals surface area contributed by atoms with Crippen LogP contribution < -0.4 is 5.32 Å². The Morgan fingerprint density at radius 1 is 1.00 bits per heavy atom. The summed E-state index contributed by atoms with van der Waals surface area (Å²) in [5.74, 6) is -0.108. The summed E-state index contributed by atoms with van der Waals surface area (Å²) < 4.78 is 0. The lowest BCUT2D eigenvalue weighted by Gasteiger charge is -2.33. The standard InChI is InChI=1S/C20H22N4O/c1-15-6-8-16(9-7-15)14-23-10-12-24(13-11-23)22-19-17-4-2-3-5-18(17)21-20(19)25/h2-9H,10-14H2,1H3,(H,21,22,25). The number of hydrogen-bond donors (Lipinski definition) is 1. The van der Waals surface area contributed by atoms with Crippen LogP contribution in [-0.4, -0.2) is 47.7 Å². The van der Waals surface area contributed by atoms with E-state index in [0.717, 1.165) is 44.0 Å². The third kappa shape index (κ3) is 3.42. The SMILES string of the molecule is Cc1ccc(CN2CCN(/N=C3\C(=O)Nc4ccccc43)CC2)cc1. The molecule has 2 aromatic rings. The summed E-state index contributed by atoms with van der Waals surface area (Å²) >= 11 is 0. The van der Waals surface area contributed by atoms with Crippen LogP contribution in [0.5, 0.6) is 0 Å². The van der Waals surface area contributed by atoms with Crippen molar-refractivity contribution in [2.75, 3.05) is 31.5 Å². The lowest BCUT2D eigenvalue weighted by Crippen LogP contribution is -2.44. The molecule has 0 unspecified atom stereocenters. The second kappa shape index (κ2) is 6.69. The van der Waals surface area contributed by atoms with Gasteiger partial charge in [-0.3, -0.25) is 14.7 Å². The minimum Gasteiger partial charge on any atom is -0.320 e. The summed E-state index contributed by atoms with van der Waals surface area (Å²) in [5.41, 5.74) is 4.91. The number of piperazine rings is 1. The van der Waals surface area contributed by atoms with Crippen molar-refractivity contribution in [2.45, 2.75) is 13.5 Å². The van der Waals surface area contributed by atoms with E-state index in [1.807, 2.05) is 29.3 Å². The quantitative estimate of drug-likeness (QED) is 0.938. The minimum absolute atomic E-state index is 0.108. The van der Waals surface area contributed by atoms with E-state index in [1.54, 1.807) is 0 Å². The number of amides is 1. The Balaban J connectivity index is 1.39. The first-order chi connectivity index (χ1) is 12.2. The predicted octanol–water partition coefficient (Wildman–Crippen LogP) is 2.47. The molecule has 2 aliphatic heterocycles. The van der Waals surface area contributed by atoms with Crippen molar-refractivity contribution in [1.29, 1.82) is 0 Å². The van der Waals surface area contributed by atoms with Crippen LogP contribution in [0.4, 0.5) is 5.69 Å². The van der Waals surface area contributed by atoms with Gasteiger partial charge >= 0.3 is 0 Å². The first-order valence-corrected chi connectivity index (χ1v) is 8.71. The normalized spacial score (nSPS) is 19.2. The van der Waals surface area contributed by atoms with E-state index in [9.17, 15) is 4.79 Å². The molecule has 1 fully saturated rings. The Hall–Kier alpha value is -2.66. The predicted molar refractivity (Wildman–Crippen MR) is 99.6 cm³/mol. The number of fused-ring (bicyclic) bond motifs is 1. The van der Waals surface area contributed by atoms with Gasteiger partial charge in [0, 0.05) is 38.3 Å². The number of hydrazone groups is 1. The largest absolute Gasteiger partial charge is 0.320 e. The molecule has 2 aliphatic rings. The number of anilines is 1. The van der Waals surface area contributed by atoms with E-state index in [1.165, 1.54) is 11.1 Å². The van der Waals surface area contributed by atoms with Crippen LogP contribution in [0.15, 0.2) is 53.6 Å². The van der Waals surface area contributed by atoms with Gasteiger partial charge in [-0.05, 0) is 18.6 Å². The molecular formula is C20H22N4O. The molecule has 1 amide bonds. The lowest BCUT2D eigenvalue weighted by atomic mass is 10.1. The Kier molecular flexibility index (Phi) is 4.24. The van der Waals surface area contributed by atoms with E-state index in [4.69, 9.17) is 0 Å². The monoisotopic (exact) mass is 334 g/mol. The molecule has 25 heavy (non-hydrogen) atoms. The van der Waals surface area contributed by atoms with Gasteiger partial charge in [-0.25, -0.2) is 0 Å². The van der Waals surface area contributed by atoms with Gasteiger partial charge in [-0.2, -0.15) is 5.10 Å².